The molecule has 0 saturated carbocycles. The van der Waals surface area contributed by atoms with Crippen LogP contribution in [-0.4, -0.2) is 5.75 Å². The number of hydrogen-bond donors (Lipinski definition) is 2. The molecule has 1 rings (SSSR count). The number of thioether (sulfide) groups is 1. The van der Waals surface area contributed by atoms with E-state index in [1.165, 1.54) is 10.5 Å². The van der Waals surface area contributed by atoms with Crippen molar-refractivity contribution in [3.63, 3.8) is 0 Å². The van der Waals surface area contributed by atoms with E-state index in [4.69, 9.17) is 5.84 Å². The molecule has 66 valence electrons. The van der Waals surface area contributed by atoms with Gasteiger partial charge in [-0.05, 0) is 23.4 Å². The first-order valence-corrected chi connectivity index (χ1v) is 5.00. The molecule has 12 heavy (non-hydrogen) atoms. The van der Waals surface area contributed by atoms with Crippen molar-refractivity contribution < 1.29 is 0 Å². The molecule has 0 saturated heterocycles. The van der Waals surface area contributed by atoms with Gasteiger partial charge in [-0.1, -0.05) is 19.1 Å². The zero-order valence-corrected chi connectivity index (χ0v) is 8.03. The summed E-state index contributed by atoms with van der Waals surface area (Å²) in [6, 6.07) is 8.44. The van der Waals surface area contributed by atoms with Crippen LogP contribution in [0.1, 0.15) is 12.5 Å². The van der Waals surface area contributed by atoms with Crippen LogP contribution < -0.4 is 11.3 Å². The SMILES string of the molecule is CCSc1ccc(CNN)cc1. The van der Waals surface area contributed by atoms with E-state index in [0.717, 1.165) is 12.3 Å². The van der Waals surface area contributed by atoms with Crippen LogP contribution in [-0.2, 0) is 6.54 Å². The Bertz CT molecular complexity index is 195. The topological polar surface area (TPSA) is 38.0 Å². The van der Waals surface area contributed by atoms with Gasteiger partial charge in [0.05, 0.1) is 0 Å². The molecule has 0 aromatic heterocycles. The highest BCUT2D eigenvalue weighted by Gasteiger charge is 1.92. The van der Waals surface area contributed by atoms with Crippen molar-refractivity contribution in [2.75, 3.05) is 5.75 Å². The third kappa shape index (κ3) is 2.85. The Hall–Kier alpha value is -0.510. The van der Waals surface area contributed by atoms with Crippen LogP contribution in [0.25, 0.3) is 0 Å². The standard InChI is InChI=1S/C9H14N2S/c1-2-12-9-5-3-8(4-6-9)7-11-10/h3-6,11H,2,7,10H2,1H3. The van der Waals surface area contributed by atoms with Crippen molar-refractivity contribution in [3.05, 3.63) is 29.8 Å². The quantitative estimate of drug-likeness (QED) is 0.423. The first-order chi connectivity index (χ1) is 5.86. The summed E-state index contributed by atoms with van der Waals surface area (Å²) in [4.78, 5) is 1.32. The zero-order chi connectivity index (χ0) is 8.81. The summed E-state index contributed by atoms with van der Waals surface area (Å²) in [5.74, 6) is 6.32. The molecule has 0 fully saturated rings. The number of hydrazine groups is 1. The van der Waals surface area contributed by atoms with Crippen molar-refractivity contribution in [1.29, 1.82) is 0 Å². The molecule has 3 heteroatoms. The normalized spacial score (nSPS) is 10.2. The van der Waals surface area contributed by atoms with Crippen LogP contribution in [0.3, 0.4) is 0 Å². The van der Waals surface area contributed by atoms with E-state index in [1.807, 2.05) is 11.8 Å². The van der Waals surface area contributed by atoms with E-state index in [1.54, 1.807) is 0 Å². The minimum Gasteiger partial charge on any atom is -0.271 e. The van der Waals surface area contributed by atoms with Gasteiger partial charge in [0.1, 0.15) is 0 Å². The number of nitrogens with one attached hydrogen (secondary N) is 1. The maximum absolute atomic E-state index is 5.20. The largest absolute Gasteiger partial charge is 0.271 e. The third-order valence-corrected chi connectivity index (χ3v) is 2.43. The molecule has 1 aromatic carbocycles. The van der Waals surface area contributed by atoms with Crippen molar-refractivity contribution in [2.24, 2.45) is 5.84 Å². The Labute approximate surface area is 77.5 Å². The lowest BCUT2D eigenvalue weighted by Crippen LogP contribution is -2.20. The number of rotatable bonds is 4. The monoisotopic (exact) mass is 182 g/mol. The van der Waals surface area contributed by atoms with E-state index < -0.39 is 0 Å². The van der Waals surface area contributed by atoms with E-state index >= 15 is 0 Å². The van der Waals surface area contributed by atoms with Gasteiger partial charge in [-0.3, -0.25) is 11.3 Å². The summed E-state index contributed by atoms with van der Waals surface area (Å²) in [5.41, 5.74) is 3.85. The van der Waals surface area contributed by atoms with Crippen molar-refractivity contribution >= 4 is 11.8 Å². The van der Waals surface area contributed by atoms with E-state index in [-0.39, 0.29) is 0 Å². The predicted molar refractivity (Wildman–Crippen MR) is 53.9 cm³/mol. The molecule has 0 spiro atoms. The summed E-state index contributed by atoms with van der Waals surface area (Å²) < 4.78 is 0. The molecule has 0 radical (unpaired) electrons. The third-order valence-electron chi connectivity index (χ3n) is 1.54. The van der Waals surface area contributed by atoms with Crippen molar-refractivity contribution in [3.8, 4) is 0 Å². The summed E-state index contributed by atoms with van der Waals surface area (Å²) in [6.45, 7) is 2.89. The minimum atomic E-state index is 0.733. The second-order valence-electron chi connectivity index (χ2n) is 2.46. The highest BCUT2D eigenvalue weighted by atomic mass is 32.2. The average Bonchev–Trinajstić information content (AvgIpc) is 2.09. The lowest BCUT2D eigenvalue weighted by atomic mass is 10.2. The first kappa shape index (κ1) is 9.58. The van der Waals surface area contributed by atoms with Gasteiger partial charge in [0.25, 0.3) is 0 Å². The molecule has 0 heterocycles. The maximum atomic E-state index is 5.20. The van der Waals surface area contributed by atoms with Crippen LogP contribution >= 0.6 is 11.8 Å². The van der Waals surface area contributed by atoms with Crippen molar-refractivity contribution in [1.82, 2.24) is 5.43 Å². The minimum absolute atomic E-state index is 0.733. The van der Waals surface area contributed by atoms with Crippen LogP contribution in [0.5, 0.6) is 0 Å². The molecule has 0 unspecified atom stereocenters. The van der Waals surface area contributed by atoms with Gasteiger partial charge in [-0.15, -0.1) is 11.8 Å². The van der Waals surface area contributed by atoms with E-state index in [9.17, 15) is 0 Å². The number of hydrogen-bond acceptors (Lipinski definition) is 3. The molecular weight excluding hydrogens is 168 g/mol. The fourth-order valence-electron chi connectivity index (χ4n) is 0.988. The second kappa shape index (κ2) is 5.19. The molecule has 0 atom stereocenters. The van der Waals surface area contributed by atoms with E-state index in [0.29, 0.717) is 0 Å². The summed E-state index contributed by atoms with van der Waals surface area (Å²) in [7, 11) is 0. The fraction of sp³-hybridized carbons (Fsp3) is 0.333. The zero-order valence-electron chi connectivity index (χ0n) is 7.21. The lowest BCUT2D eigenvalue weighted by Gasteiger charge is -2.01. The maximum Gasteiger partial charge on any atom is 0.0348 e. The first-order valence-electron chi connectivity index (χ1n) is 4.02. The van der Waals surface area contributed by atoms with Crippen molar-refractivity contribution in [2.45, 2.75) is 18.4 Å². The smallest absolute Gasteiger partial charge is 0.0348 e. The van der Waals surface area contributed by atoms with E-state index in [2.05, 4.69) is 36.6 Å². The van der Waals surface area contributed by atoms with Gasteiger partial charge < -0.3 is 0 Å². The molecule has 0 aliphatic heterocycles. The van der Waals surface area contributed by atoms with Gasteiger partial charge >= 0.3 is 0 Å². The van der Waals surface area contributed by atoms with Crippen LogP contribution in [0.4, 0.5) is 0 Å². The molecule has 0 amide bonds. The van der Waals surface area contributed by atoms with Crippen LogP contribution in [0, 0.1) is 0 Å². The van der Waals surface area contributed by atoms with Gasteiger partial charge in [0, 0.05) is 11.4 Å². The highest BCUT2D eigenvalue weighted by Crippen LogP contribution is 2.17. The van der Waals surface area contributed by atoms with Gasteiger partial charge in [-0.2, -0.15) is 0 Å². The fourth-order valence-corrected chi connectivity index (χ4v) is 1.65. The summed E-state index contributed by atoms with van der Waals surface area (Å²) in [6.07, 6.45) is 0. The Kier molecular flexibility index (Phi) is 4.14. The molecule has 2 nitrogen and oxygen atoms in total. The van der Waals surface area contributed by atoms with Gasteiger partial charge in [0.2, 0.25) is 0 Å². The summed E-state index contributed by atoms with van der Waals surface area (Å²) >= 11 is 1.85. The predicted octanol–water partition coefficient (Wildman–Crippen LogP) is 1.76. The molecule has 0 aliphatic rings. The number of benzene rings is 1. The van der Waals surface area contributed by atoms with Gasteiger partial charge in [0.15, 0.2) is 0 Å². The molecule has 3 N–H and O–H groups in total. The molecular formula is C9H14N2S. The molecule has 0 bridgehead atoms. The Morgan fingerprint density at radius 3 is 2.50 bits per heavy atom. The Balaban J connectivity index is 2.58. The van der Waals surface area contributed by atoms with Crippen LogP contribution in [0.15, 0.2) is 29.2 Å². The summed E-state index contributed by atoms with van der Waals surface area (Å²) in [5, 5.41) is 0. The second-order valence-corrected chi connectivity index (χ2v) is 3.80. The molecule has 0 aliphatic carbocycles. The number of nitrogens with two attached hydrogens (primary N) is 1. The lowest BCUT2D eigenvalue weighted by molar-refractivity contribution is 0.741. The highest BCUT2D eigenvalue weighted by molar-refractivity contribution is 7.99. The Morgan fingerprint density at radius 2 is 2.00 bits per heavy atom. The average molecular weight is 182 g/mol. The Morgan fingerprint density at radius 1 is 1.33 bits per heavy atom. The van der Waals surface area contributed by atoms with Gasteiger partial charge in [-0.25, -0.2) is 0 Å². The van der Waals surface area contributed by atoms with Crippen LogP contribution in [0.2, 0.25) is 0 Å². The molecule has 1 aromatic rings.